The van der Waals surface area contributed by atoms with Gasteiger partial charge in [-0.15, -0.1) is 21.5 Å². The number of ether oxygens (including phenoxy) is 2. The highest BCUT2D eigenvalue weighted by atomic mass is 32.2. The second-order valence-corrected chi connectivity index (χ2v) is 8.80. The number of anilines is 1. The van der Waals surface area contributed by atoms with Crippen LogP contribution in [0.5, 0.6) is 11.5 Å². The molecule has 0 unspecified atom stereocenters. The number of thioether (sulfide) groups is 1. The summed E-state index contributed by atoms with van der Waals surface area (Å²) in [6, 6.07) is 14.3. The van der Waals surface area contributed by atoms with Crippen LogP contribution in [0.4, 0.5) is 5.13 Å². The number of methoxy groups -OCH3 is 2. The number of amides is 2. The predicted molar refractivity (Wildman–Crippen MR) is 134 cm³/mol. The maximum atomic E-state index is 12.8. The van der Waals surface area contributed by atoms with E-state index in [4.69, 9.17) is 9.47 Å². The smallest absolute Gasteiger partial charge is 0.255 e. The molecule has 0 spiro atoms. The van der Waals surface area contributed by atoms with Gasteiger partial charge >= 0.3 is 0 Å². The SMILES string of the molecule is COc1ccccc1C(=O)NCc1nnc(SCC(=O)Nc2nccs2)n1-c1ccccc1OC. The number of rotatable bonds is 10. The van der Waals surface area contributed by atoms with E-state index >= 15 is 0 Å². The summed E-state index contributed by atoms with van der Waals surface area (Å²) in [4.78, 5) is 29.2. The second-order valence-electron chi connectivity index (χ2n) is 6.96. The zero-order valence-electron chi connectivity index (χ0n) is 18.9. The number of para-hydroxylation sites is 3. The lowest BCUT2D eigenvalue weighted by atomic mass is 10.2. The van der Waals surface area contributed by atoms with Gasteiger partial charge < -0.3 is 20.1 Å². The molecule has 4 rings (SSSR count). The number of carbonyl (C=O) groups excluding carboxylic acids is 2. The van der Waals surface area contributed by atoms with Crippen LogP contribution in [0.2, 0.25) is 0 Å². The Morgan fingerprint density at radius 2 is 1.77 bits per heavy atom. The summed E-state index contributed by atoms with van der Waals surface area (Å²) >= 11 is 2.56. The Morgan fingerprint density at radius 1 is 1.03 bits per heavy atom. The van der Waals surface area contributed by atoms with E-state index in [1.54, 1.807) is 47.5 Å². The Balaban J connectivity index is 1.56. The van der Waals surface area contributed by atoms with Crippen LogP contribution in [0.1, 0.15) is 16.2 Å². The van der Waals surface area contributed by atoms with Crippen LogP contribution in [0.3, 0.4) is 0 Å². The molecule has 2 amide bonds. The molecule has 10 nitrogen and oxygen atoms in total. The number of hydrogen-bond acceptors (Lipinski definition) is 9. The van der Waals surface area contributed by atoms with Crippen molar-refractivity contribution >= 4 is 40.0 Å². The van der Waals surface area contributed by atoms with E-state index in [1.807, 2.05) is 24.3 Å². The molecule has 0 atom stereocenters. The van der Waals surface area contributed by atoms with E-state index < -0.39 is 0 Å². The molecule has 0 fully saturated rings. The summed E-state index contributed by atoms with van der Waals surface area (Å²) in [7, 11) is 3.08. The summed E-state index contributed by atoms with van der Waals surface area (Å²) in [5.74, 6) is 1.11. The highest BCUT2D eigenvalue weighted by molar-refractivity contribution is 7.99. The normalized spacial score (nSPS) is 10.6. The molecule has 2 aromatic carbocycles. The van der Waals surface area contributed by atoms with E-state index in [-0.39, 0.29) is 24.1 Å². The van der Waals surface area contributed by atoms with Gasteiger partial charge in [-0.3, -0.25) is 14.2 Å². The number of nitrogens with one attached hydrogen (secondary N) is 2. The maximum absolute atomic E-state index is 12.8. The van der Waals surface area contributed by atoms with Crippen molar-refractivity contribution < 1.29 is 19.1 Å². The van der Waals surface area contributed by atoms with Gasteiger partial charge in [0.05, 0.1) is 37.8 Å². The quantitative estimate of drug-likeness (QED) is 0.312. The topological polar surface area (TPSA) is 120 Å². The van der Waals surface area contributed by atoms with E-state index in [1.165, 1.54) is 30.2 Å². The number of thiazole rings is 1. The predicted octanol–water partition coefficient (Wildman–Crippen LogP) is 3.40. The first-order valence-electron chi connectivity index (χ1n) is 10.4. The standard InChI is InChI=1S/C23H22N6O4S2/c1-32-17-9-5-3-7-15(17)21(31)25-13-19-27-28-23(29(19)16-8-4-6-10-18(16)33-2)35-14-20(30)26-22-24-11-12-34-22/h3-12H,13-14H2,1-2H3,(H,25,31)(H,24,26,30). The Kier molecular flexibility index (Phi) is 7.95. The van der Waals surface area contributed by atoms with Crippen LogP contribution >= 0.6 is 23.1 Å². The minimum atomic E-state index is -0.311. The van der Waals surface area contributed by atoms with E-state index in [2.05, 4.69) is 25.8 Å². The highest BCUT2D eigenvalue weighted by Gasteiger charge is 2.20. The molecular formula is C23H22N6O4S2. The summed E-state index contributed by atoms with van der Waals surface area (Å²) in [5.41, 5.74) is 1.09. The third-order valence-corrected chi connectivity index (χ3v) is 6.41. The Morgan fingerprint density at radius 3 is 2.51 bits per heavy atom. The zero-order chi connectivity index (χ0) is 24.6. The Hall–Kier alpha value is -3.90. The second kappa shape index (κ2) is 11.5. The molecular weight excluding hydrogens is 488 g/mol. The lowest BCUT2D eigenvalue weighted by Crippen LogP contribution is -2.25. The first-order valence-corrected chi connectivity index (χ1v) is 12.3. The van der Waals surface area contributed by atoms with Gasteiger partial charge in [0.25, 0.3) is 5.91 Å². The number of carbonyl (C=O) groups is 2. The molecule has 4 aromatic rings. The van der Waals surface area contributed by atoms with Crippen LogP contribution in [0.15, 0.2) is 65.3 Å². The van der Waals surface area contributed by atoms with Crippen LogP contribution in [0.25, 0.3) is 5.69 Å². The molecule has 180 valence electrons. The third-order valence-electron chi connectivity index (χ3n) is 4.80. The molecule has 0 bridgehead atoms. The largest absolute Gasteiger partial charge is 0.496 e. The monoisotopic (exact) mass is 510 g/mol. The van der Waals surface area contributed by atoms with E-state index in [0.717, 1.165) is 0 Å². The van der Waals surface area contributed by atoms with Gasteiger partial charge in [-0.05, 0) is 24.3 Å². The molecule has 0 saturated carbocycles. The summed E-state index contributed by atoms with van der Waals surface area (Å²) in [5, 5.41) is 17.0. The number of hydrogen-bond donors (Lipinski definition) is 2. The molecule has 0 aliphatic carbocycles. The van der Waals surface area contributed by atoms with E-state index in [9.17, 15) is 9.59 Å². The van der Waals surface area contributed by atoms with Crippen LogP contribution in [-0.4, -0.2) is 51.5 Å². The van der Waals surface area contributed by atoms with Gasteiger partial charge in [0.1, 0.15) is 11.5 Å². The van der Waals surface area contributed by atoms with Gasteiger partial charge in [0.15, 0.2) is 16.1 Å². The fourth-order valence-corrected chi connectivity index (χ4v) is 4.53. The minimum Gasteiger partial charge on any atom is -0.496 e. The lowest BCUT2D eigenvalue weighted by molar-refractivity contribution is -0.113. The van der Waals surface area contributed by atoms with Crippen LogP contribution < -0.4 is 20.1 Å². The van der Waals surface area contributed by atoms with Crippen molar-refractivity contribution in [1.82, 2.24) is 25.1 Å². The Bertz CT molecular complexity index is 1310. The van der Waals surface area contributed by atoms with Gasteiger partial charge in [0.2, 0.25) is 5.91 Å². The molecule has 0 aliphatic heterocycles. The summed E-state index contributed by atoms with van der Waals surface area (Å²) in [6.45, 7) is 0.0911. The third kappa shape index (κ3) is 5.78. The average Bonchev–Trinajstić information content (AvgIpc) is 3.55. The van der Waals surface area contributed by atoms with Gasteiger partial charge in [-0.25, -0.2) is 4.98 Å². The zero-order valence-corrected chi connectivity index (χ0v) is 20.6. The number of benzene rings is 2. The van der Waals surface area contributed by atoms with Crippen molar-refractivity contribution in [3.05, 3.63) is 71.5 Å². The highest BCUT2D eigenvalue weighted by Crippen LogP contribution is 2.29. The number of aromatic nitrogens is 4. The summed E-state index contributed by atoms with van der Waals surface area (Å²) in [6.07, 6.45) is 1.62. The van der Waals surface area contributed by atoms with Gasteiger partial charge in [-0.1, -0.05) is 36.0 Å². The van der Waals surface area contributed by atoms with Gasteiger partial charge in [-0.2, -0.15) is 0 Å². The first kappa shape index (κ1) is 24.2. The molecule has 2 heterocycles. The molecule has 0 saturated heterocycles. The van der Waals surface area contributed by atoms with E-state index in [0.29, 0.717) is 38.9 Å². The van der Waals surface area contributed by atoms with Crippen molar-refractivity contribution in [3.63, 3.8) is 0 Å². The fraction of sp³-hybridized carbons (Fsp3) is 0.174. The van der Waals surface area contributed by atoms with Crippen molar-refractivity contribution in [1.29, 1.82) is 0 Å². The van der Waals surface area contributed by atoms with Crippen LogP contribution in [-0.2, 0) is 11.3 Å². The van der Waals surface area contributed by atoms with Crippen LogP contribution in [0, 0.1) is 0 Å². The van der Waals surface area contributed by atoms with Crippen molar-refractivity contribution in [2.75, 3.05) is 25.3 Å². The van der Waals surface area contributed by atoms with Crippen molar-refractivity contribution in [2.24, 2.45) is 0 Å². The molecule has 35 heavy (non-hydrogen) atoms. The molecule has 0 radical (unpaired) electrons. The molecule has 0 aliphatic rings. The maximum Gasteiger partial charge on any atom is 0.255 e. The molecule has 2 aromatic heterocycles. The molecule has 12 heteroatoms. The Labute approximate surface area is 209 Å². The average molecular weight is 511 g/mol. The minimum absolute atomic E-state index is 0.0911. The first-order chi connectivity index (χ1) is 17.1. The summed E-state index contributed by atoms with van der Waals surface area (Å²) < 4.78 is 12.6. The van der Waals surface area contributed by atoms with Crippen molar-refractivity contribution in [2.45, 2.75) is 11.7 Å². The van der Waals surface area contributed by atoms with Crippen molar-refractivity contribution in [3.8, 4) is 17.2 Å². The van der Waals surface area contributed by atoms with Gasteiger partial charge in [0, 0.05) is 11.6 Å². The lowest BCUT2D eigenvalue weighted by Gasteiger charge is -2.14. The molecule has 2 N–H and O–H groups in total. The number of nitrogens with zero attached hydrogens (tertiary/aromatic N) is 4. The fourth-order valence-electron chi connectivity index (χ4n) is 3.22.